The highest BCUT2D eigenvalue weighted by atomic mass is 32.2. The summed E-state index contributed by atoms with van der Waals surface area (Å²) in [5.74, 6) is 1.10. The van der Waals surface area contributed by atoms with Crippen LogP contribution < -0.4 is 0 Å². The molecule has 0 bridgehead atoms. The fraction of sp³-hybridized carbons (Fsp3) is 0.800. The molecular weight excluding hydrogens is 196 g/mol. The largest absolute Gasteiger partial charge is 0.339 e. The van der Waals surface area contributed by atoms with Gasteiger partial charge in [0.05, 0.1) is 12.5 Å². The van der Waals surface area contributed by atoms with Crippen LogP contribution in [0, 0.1) is 11.3 Å². The molecule has 1 amide bonds. The highest BCUT2D eigenvalue weighted by Gasteiger charge is 2.31. The summed E-state index contributed by atoms with van der Waals surface area (Å²) in [6.07, 6.45) is 5.32. The maximum Gasteiger partial charge on any atom is 0.223 e. The summed E-state index contributed by atoms with van der Waals surface area (Å²) in [5, 5.41) is 8.48. The summed E-state index contributed by atoms with van der Waals surface area (Å²) >= 11 is 1.69. The van der Waals surface area contributed by atoms with E-state index in [4.69, 9.17) is 5.26 Å². The second-order valence-corrected chi connectivity index (χ2v) is 4.45. The average molecular weight is 212 g/mol. The molecule has 0 heterocycles. The number of hydrogen-bond acceptors (Lipinski definition) is 3. The number of hydrogen-bond donors (Lipinski definition) is 0. The molecule has 0 aliphatic heterocycles. The van der Waals surface area contributed by atoms with Gasteiger partial charge in [-0.15, -0.1) is 0 Å². The van der Waals surface area contributed by atoms with E-state index < -0.39 is 0 Å². The first-order chi connectivity index (χ1) is 6.79. The van der Waals surface area contributed by atoms with Crippen LogP contribution >= 0.6 is 11.8 Å². The molecule has 4 heteroatoms. The number of nitriles is 1. The summed E-state index contributed by atoms with van der Waals surface area (Å²) in [4.78, 5) is 13.6. The van der Waals surface area contributed by atoms with Crippen LogP contribution in [0.3, 0.4) is 0 Å². The Morgan fingerprint density at radius 2 is 2.36 bits per heavy atom. The van der Waals surface area contributed by atoms with Crippen LogP contribution in [0.25, 0.3) is 0 Å². The van der Waals surface area contributed by atoms with E-state index in [1.165, 1.54) is 0 Å². The monoisotopic (exact) mass is 212 g/mol. The number of carbonyl (C=O) groups excluding carboxylic acids is 1. The van der Waals surface area contributed by atoms with Crippen molar-refractivity contribution in [2.75, 3.05) is 18.6 Å². The molecule has 1 saturated carbocycles. The molecular formula is C10H16N2OS. The summed E-state index contributed by atoms with van der Waals surface area (Å²) in [7, 11) is 0. The van der Waals surface area contributed by atoms with Gasteiger partial charge in [-0.3, -0.25) is 4.79 Å². The van der Waals surface area contributed by atoms with Crippen LogP contribution in [0.5, 0.6) is 0 Å². The molecule has 1 rings (SSSR count). The van der Waals surface area contributed by atoms with Crippen molar-refractivity contribution in [1.29, 1.82) is 5.26 Å². The molecule has 3 nitrogen and oxygen atoms in total. The van der Waals surface area contributed by atoms with E-state index in [1.807, 2.05) is 11.2 Å². The van der Waals surface area contributed by atoms with E-state index >= 15 is 0 Å². The van der Waals surface area contributed by atoms with E-state index in [0.29, 0.717) is 25.4 Å². The lowest BCUT2D eigenvalue weighted by atomic mass is 10.3. The molecule has 1 aliphatic carbocycles. The van der Waals surface area contributed by atoms with Crippen molar-refractivity contribution in [3.63, 3.8) is 0 Å². The van der Waals surface area contributed by atoms with Gasteiger partial charge in [-0.05, 0) is 19.1 Å². The number of nitrogens with zero attached hydrogens (tertiary/aromatic N) is 2. The van der Waals surface area contributed by atoms with Gasteiger partial charge in [0.15, 0.2) is 0 Å². The fourth-order valence-electron chi connectivity index (χ4n) is 1.40. The van der Waals surface area contributed by atoms with Gasteiger partial charge in [-0.2, -0.15) is 17.0 Å². The molecule has 0 unspecified atom stereocenters. The van der Waals surface area contributed by atoms with E-state index in [-0.39, 0.29) is 5.91 Å². The molecule has 1 aliphatic rings. The zero-order valence-corrected chi connectivity index (χ0v) is 9.35. The van der Waals surface area contributed by atoms with Crippen molar-refractivity contribution >= 4 is 17.7 Å². The van der Waals surface area contributed by atoms with Crippen molar-refractivity contribution in [1.82, 2.24) is 4.90 Å². The van der Waals surface area contributed by atoms with Gasteiger partial charge >= 0.3 is 0 Å². The van der Waals surface area contributed by atoms with Gasteiger partial charge in [-0.1, -0.05) is 0 Å². The highest BCUT2D eigenvalue weighted by molar-refractivity contribution is 7.98. The van der Waals surface area contributed by atoms with Crippen LogP contribution in [-0.4, -0.2) is 35.4 Å². The first-order valence-corrected chi connectivity index (χ1v) is 6.34. The van der Waals surface area contributed by atoms with Gasteiger partial charge in [0.25, 0.3) is 0 Å². The molecule has 0 radical (unpaired) electrons. The Bertz CT molecular complexity index is 233. The minimum absolute atomic E-state index is 0.220. The van der Waals surface area contributed by atoms with Crippen LogP contribution in [-0.2, 0) is 4.79 Å². The summed E-state index contributed by atoms with van der Waals surface area (Å²) < 4.78 is 0. The molecule has 78 valence electrons. The number of carbonyl (C=O) groups is 1. The third-order valence-electron chi connectivity index (χ3n) is 2.29. The molecule has 0 N–H and O–H groups in total. The molecule has 0 aromatic carbocycles. The van der Waals surface area contributed by atoms with Gasteiger partial charge in [0.1, 0.15) is 0 Å². The van der Waals surface area contributed by atoms with Crippen molar-refractivity contribution in [3.05, 3.63) is 0 Å². The minimum atomic E-state index is 0.220. The van der Waals surface area contributed by atoms with E-state index in [0.717, 1.165) is 18.6 Å². The zero-order valence-electron chi connectivity index (χ0n) is 8.53. The predicted molar refractivity (Wildman–Crippen MR) is 58.0 cm³/mol. The predicted octanol–water partition coefficient (Wildman–Crippen LogP) is 1.64. The van der Waals surface area contributed by atoms with Crippen LogP contribution in [0.1, 0.15) is 25.7 Å². The Kier molecular flexibility index (Phi) is 4.81. The third-order valence-corrected chi connectivity index (χ3v) is 2.90. The smallest absolute Gasteiger partial charge is 0.223 e. The van der Waals surface area contributed by atoms with Gasteiger partial charge in [0, 0.05) is 24.8 Å². The number of amides is 1. The first kappa shape index (κ1) is 11.4. The molecule has 0 spiro atoms. The molecule has 14 heavy (non-hydrogen) atoms. The lowest BCUT2D eigenvalue weighted by Crippen LogP contribution is -2.34. The quantitative estimate of drug-likeness (QED) is 0.672. The Morgan fingerprint density at radius 1 is 1.64 bits per heavy atom. The standard InChI is InChI=1S/C10H16N2OS/c1-14-8-5-10(13)12(7-2-6-11)9-3-4-9/h9H,2-5,7-8H2,1H3. The molecule has 0 aromatic heterocycles. The maximum atomic E-state index is 11.7. The molecule has 0 atom stereocenters. The Morgan fingerprint density at radius 3 is 2.86 bits per heavy atom. The van der Waals surface area contributed by atoms with Crippen molar-refractivity contribution in [2.24, 2.45) is 0 Å². The highest BCUT2D eigenvalue weighted by Crippen LogP contribution is 2.27. The van der Waals surface area contributed by atoms with E-state index in [2.05, 4.69) is 6.07 Å². The minimum Gasteiger partial charge on any atom is -0.339 e. The summed E-state index contributed by atoms with van der Waals surface area (Å²) in [5.41, 5.74) is 0. The first-order valence-electron chi connectivity index (χ1n) is 4.95. The second-order valence-electron chi connectivity index (χ2n) is 3.47. The van der Waals surface area contributed by atoms with Crippen LogP contribution in [0.4, 0.5) is 0 Å². The third kappa shape index (κ3) is 3.59. The SMILES string of the molecule is CSCCC(=O)N(CCC#N)C1CC1. The number of rotatable bonds is 6. The zero-order chi connectivity index (χ0) is 10.4. The topological polar surface area (TPSA) is 44.1 Å². The van der Waals surface area contributed by atoms with Gasteiger partial charge < -0.3 is 4.90 Å². The Hall–Kier alpha value is -0.690. The molecule has 0 saturated heterocycles. The van der Waals surface area contributed by atoms with Crippen molar-refractivity contribution < 1.29 is 4.79 Å². The summed E-state index contributed by atoms with van der Waals surface area (Å²) in [6, 6.07) is 2.54. The van der Waals surface area contributed by atoms with E-state index in [9.17, 15) is 4.79 Å². The number of thioether (sulfide) groups is 1. The Labute approximate surface area is 89.5 Å². The van der Waals surface area contributed by atoms with E-state index in [1.54, 1.807) is 11.8 Å². The maximum absolute atomic E-state index is 11.7. The van der Waals surface area contributed by atoms with Gasteiger partial charge in [-0.25, -0.2) is 0 Å². The second kappa shape index (κ2) is 5.92. The van der Waals surface area contributed by atoms with Crippen LogP contribution in [0.2, 0.25) is 0 Å². The van der Waals surface area contributed by atoms with Gasteiger partial charge in [0.2, 0.25) is 5.91 Å². The molecule has 1 fully saturated rings. The normalized spacial score (nSPS) is 14.9. The van der Waals surface area contributed by atoms with Crippen molar-refractivity contribution in [3.8, 4) is 6.07 Å². The molecule has 0 aromatic rings. The van der Waals surface area contributed by atoms with Crippen molar-refractivity contribution in [2.45, 2.75) is 31.7 Å². The Balaban J connectivity index is 2.33. The lowest BCUT2D eigenvalue weighted by Gasteiger charge is -2.20. The fourth-order valence-corrected chi connectivity index (χ4v) is 1.78. The summed E-state index contributed by atoms with van der Waals surface area (Å²) in [6.45, 7) is 0.619. The lowest BCUT2D eigenvalue weighted by molar-refractivity contribution is -0.131. The average Bonchev–Trinajstić information content (AvgIpc) is 2.99. The van der Waals surface area contributed by atoms with Crippen LogP contribution in [0.15, 0.2) is 0 Å².